The average molecular weight is 290 g/mol. The second-order valence-corrected chi connectivity index (χ2v) is 5.32. The Bertz CT molecular complexity index is 542. The molecule has 90 valence electrons. The predicted molar refractivity (Wildman–Crippen MR) is 70.0 cm³/mol. The van der Waals surface area contributed by atoms with Crippen LogP contribution < -0.4 is 4.74 Å². The van der Waals surface area contributed by atoms with Crippen molar-refractivity contribution in [2.75, 3.05) is 7.11 Å². The molecule has 6 heteroatoms. The number of ether oxygens (including phenoxy) is 1. The summed E-state index contributed by atoms with van der Waals surface area (Å²) in [5.74, 6) is 0.599. The highest BCUT2D eigenvalue weighted by atomic mass is 35.5. The number of aliphatic hydroxyl groups is 1. The number of halogens is 2. The first-order chi connectivity index (χ1) is 8.15. The van der Waals surface area contributed by atoms with Crippen LogP contribution in [-0.4, -0.2) is 17.2 Å². The van der Waals surface area contributed by atoms with E-state index in [1.165, 1.54) is 11.3 Å². The molecule has 0 atom stereocenters. The van der Waals surface area contributed by atoms with Gasteiger partial charge >= 0.3 is 0 Å². The minimum atomic E-state index is -0.0939. The number of methoxy groups -OCH3 is 1. The molecule has 0 aliphatic heterocycles. The van der Waals surface area contributed by atoms with Crippen molar-refractivity contribution in [2.24, 2.45) is 0 Å². The zero-order valence-corrected chi connectivity index (χ0v) is 11.2. The van der Waals surface area contributed by atoms with E-state index < -0.39 is 0 Å². The summed E-state index contributed by atoms with van der Waals surface area (Å²) in [6, 6.07) is 5.33. The zero-order chi connectivity index (χ0) is 12.4. The minimum Gasteiger partial charge on any atom is -0.495 e. The Kier molecular flexibility index (Phi) is 3.89. The maximum Gasteiger partial charge on any atom is 0.184 e. The Balaban J connectivity index is 2.49. The van der Waals surface area contributed by atoms with Crippen molar-refractivity contribution in [2.45, 2.75) is 6.61 Å². The van der Waals surface area contributed by atoms with E-state index in [-0.39, 0.29) is 6.61 Å². The molecule has 1 aromatic carbocycles. The zero-order valence-electron chi connectivity index (χ0n) is 8.91. The van der Waals surface area contributed by atoms with Gasteiger partial charge in [0.2, 0.25) is 0 Å². The van der Waals surface area contributed by atoms with Gasteiger partial charge in [0.25, 0.3) is 0 Å². The molecule has 3 nitrogen and oxygen atoms in total. The van der Waals surface area contributed by atoms with Gasteiger partial charge in [0.05, 0.1) is 29.3 Å². The Labute approximate surface area is 113 Å². The van der Waals surface area contributed by atoms with Crippen LogP contribution in [0.2, 0.25) is 9.49 Å². The molecule has 0 radical (unpaired) electrons. The summed E-state index contributed by atoms with van der Waals surface area (Å²) < 4.78 is 5.47. The summed E-state index contributed by atoms with van der Waals surface area (Å²) in [7, 11) is 1.56. The molecule has 1 N–H and O–H groups in total. The van der Waals surface area contributed by atoms with Gasteiger partial charge < -0.3 is 9.84 Å². The Morgan fingerprint density at radius 1 is 1.41 bits per heavy atom. The lowest BCUT2D eigenvalue weighted by Gasteiger charge is -2.05. The van der Waals surface area contributed by atoms with E-state index in [0.29, 0.717) is 20.9 Å². The molecule has 0 spiro atoms. The second kappa shape index (κ2) is 5.23. The number of benzene rings is 1. The number of aromatic nitrogens is 1. The van der Waals surface area contributed by atoms with Crippen LogP contribution in [0.3, 0.4) is 0 Å². The van der Waals surface area contributed by atoms with Crippen molar-refractivity contribution in [1.29, 1.82) is 0 Å². The lowest BCUT2D eigenvalue weighted by molar-refractivity contribution is 0.286. The van der Waals surface area contributed by atoms with Crippen LogP contribution in [0.1, 0.15) is 4.88 Å². The smallest absolute Gasteiger partial charge is 0.184 e. The van der Waals surface area contributed by atoms with Crippen molar-refractivity contribution < 1.29 is 9.84 Å². The summed E-state index contributed by atoms with van der Waals surface area (Å²) in [6.45, 7) is -0.0939. The molecule has 2 aromatic rings. The predicted octanol–water partition coefficient (Wildman–Crippen LogP) is 3.62. The highest BCUT2D eigenvalue weighted by Crippen LogP contribution is 2.34. The van der Waals surface area contributed by atoms with Gasteiger partial charge in [-0.25, -0.2) is 4.98 Å². The Hall–Kier alpha value is -0.810. The number of nitrogens with zero attached hydrogens (tertiary/aromatic N) is 1. The Morgan fingerprint density at radius 2 is 2.18 bits per heavy atom. The van der Waals surface area contributed by atoms with Crippen LogP contribution in [0.25, 0.3) is 11.3 Å². The van der Waals surface area contributed by atoms with Crippen molar-refractivity contribution in [3.63, 3.8) is 0 Å². The molecule has 0 amide bonds. The number of thiazole rings is 1. The largest absolute Gasteiger partial charge is 0.495 e. The van der Waals surface area contributed by atoms with E-state index >= 15 is 0 Å². The third-order valence-corrected chi connectivity index (χ3v) is 3.68. The molecule has 0 aliphatic carbocycles. The van der Waals surface area contributed by atoms with Crippen LogP contribution in [0.5, 0.6) is 5.75 Å². The van der Waals surface area contributed by atoms with Crippen molar-refractivity contribution >= 4 is 34.5 Å². The summed E-state index contributed by atoms with van der Waals surface area (Å²) in [6.07, 6.45) is 0. The number of rotatable bonds is 3. The first-order valence-electron chi connectivity index (χ1n) is 4.75. The van der Waals surface area contributed by atoms with Gasteiger partial charge in [-0.3, -0.25) is 0 Å². The molecule has 17 heavy (non-hydrogen) atoms. The third-order valence-electron chi connectivity index (χ3n) is 2.24. The van der Waals surface area contributed by atoms with Gasteiger partial charge in [-0.05, 0) is 18.2 Å². The lowest BCUT2D eigenvalue weighted by atomic mass is 10.1. The molecule has 0 fully saturated rings. The summed E-state index contributed by atoms with van der Waals surface area (Å²) in [5, 5.41) is 9.72. The maximum atomic E-state index is 9.22. The number of hydrogen-bond donors (Lipinski definition) is 1. The highest BCUT2D eigenvalue weighted by molar-refractivity contribution is 7.16. The summed E-state index contributed by atoms with van der Waals surface area (Å²) in [4.78, 5) is 4.89. The molecular weight excluding hydrogens is 281 g/mol. The fourth-order valence-corrected chi connectivity index (χ4v) is 2.76. The first kappa shape index (κ1) is 12.6. The van der Waals surface area contributed by atoms with Crippen molar-refractivity contribution in [3.05, 3.63) is 32.6 Å². The van der Waals surface area contributed by atoms with Crippen molar-refractivity contribution in [3.8, 4) is 17.0 Å². The highest BCUT2D eigenvalue weighted by Gasteiger charge is 2.13. The minimum absolute atomic E-state index is 0.0939. The van der Waals surface area contributed by atoms with Gasteiger partial charge in [-0.15, -0.1) is 11.3 Å². The van der Waals surface area contributed by atoms with E-state index in [1.807, 2.05) is 6.07 Å². The molecule has 2 rings (SSSR count). The number of hydrogen-bond acceptors (Lipinski definition) is 4. The van der Waals surface area contributed by atoms with Crippen molar-refractivity contribution in [1.82, 2.24) is 4.98 Å². The molecule has 0 aliphatic rings. The molecule has 0 saturated carbocycles. The van der Waals surface area contributed by atoms with Crippen LogP contribution in [0.15, 0.2) is 18.2 Å². The molecule has 0 bridgehead atoms. The standard InChI is InChI=1S/C11H9Cl2NO2S/c1-16-8-3-2-6(4-7(8)12)10-9(5-15)17-11(13)14-10/h2-4,15H,5H2,1H3. The Morgan fingerprint density at radius 3 is 2.76 bits per heavy atom. The molecule has 0 unspecified atom stereocenters. The van der Waals surface area contributed by atoms with Gasteiger partial charge in [0.1, 0.15) is 5.75 Å². The molecular formula is C11H9Cl2NO2S. The fourth-order valence-electron chi connectivity index (χ4n) is 1.47. The van der Waals surface area contributed by atoms with Crippen LogP contribution in [0.4, 0.5) is 0 Å². The van der Waals surface area contributed by atoms with Gasteiger partial charge in [-0.1, -0.05) is 23.2 Å². The fraction of sp³-hybridized carbons (Fsp3) is 0.182. The second-order valence-electron chi connectivity index (χ2n) is 3.25. The quantitative estimate of drug-likeness (QED) is 0.938. The van der Waals surface area contributed by atoms with Gasteiger partial charge in [-0.2, -0.15) is 0 Å². The van der Waals surface area contributed by atoms with E-state index in [4.69, 9.17) is 27.9 Å². The van der Waals surface area contributed by atoms with E-state index in [9.17, 15) is 5.11 Å². The first-order valence-corrected chi connectivity index (χ1v) is 6.33. The normalized spacial score (nSPS) is 10.6. The van der Waals surface area contributed by atoms with Crippen LogP contribution >= 0.6 is 34.5 Å². The number of aliphatic hydroxyl groups excluding tert-OH is 1. The monoisotopic (exact) mass is 289 g/mol. The van der Waals surface area contributed by atoms with Crippen LogP contribution in [-0.2, 0) is 6.61 Å². The van der Waals surface area contributed by atoms with E-state index in [1.54, 1.807) is 19.2 Å². The topological polar surface area (TPSA) is 42.4 Å². The molecule has 1 aromatic heterocycles. The molecule has 0 saturated heterocycles. The SMILES string of the molecule is COc1ccc(-c2nc(Cl)sc2CO)cc1Cl. The van der Waals surface area contributed by atoms with Gasteiger partial charge in [0.15, 0.2) is 4.47 Å². The maximum absolute atomic E-state index is 9.22. The lowest BCUT2D eigenvalue weighted by Crippen LogP contribution is -1.88. The summed E-state index contributed by atoms with van der Waals surface area (Å²) >= 11 is 13.1. The average Bonchev–Trinajstić information content (AvgIpc) is 2.70. The summed E-state index contributed by atoms with van der Waals surface area (Å²) in [5.41, 5.74) is 1.47. The van der Waals surface area contributed by atoms with Gasteiger partial charge in [0, 0.05) is 5.56 Å². The van der Waals surface area contributed by atoms with Crippen LogP contribution in [0, 0.1) is 0 Å². The third kappa shape index (κ3) is 2.55. The van der Waals surface area contributed by atoms with E-state index in [2.05, 4.69) is 4.98 Å². The van der Waals surface area contributed by atoms with E-state index in [0.717, 1.165) is 10.4 Å². The molecule has 1 heterocycles.